The van der Waals surface area contributed by atoms with Crippen molar-refractivity contribution < 1.29 is 14.3 Å². The molecule has 0 saturated carbocycles. The highest BCUT2D eigenvalue weighted by Gasteiger charge is 2.48. The molecule has 130 valence electrons. The average Bonchev–Trinajstić information content (AvgIpc) is 2.81. The zero-order chi connectivity index (χ0) is 18.0. The van der Waals surface area contributed by atoms with Crippen LogP contribution in [0.15, 0.2) is 48.5 Å². The van der Waals surface area contributed by atoms with E-state index in [0.717, 1.165) is 11.1 Å². The number of nitrogens with zero attached hydrogens (tertiary/aromatic N) is 1. The molecule has 0 aromatic heterocycles. The molecule has 0 spiro atoms. The average molecular weight is 359 g/mol. The van der Waals surface area contributed by atoms with E-state index in [0.29, 0.717) is 10.8 Å². The Bertz CT molecular complexity index is 807. The Morgan fingerprint density at radius 2 is 1.80 bits per heavy atom. The van der Waals surface area contributed by atoms with Crippen LogP contribution in [0, 0.1) is 6.92 Å². The molecule has 0 unspecified atom stereocenters. The van der Waals surface area contributed by atoms with Gasteiger partial charge in [-0.25, -0.2) is 4.79 Å². The van der Waals surface area contributed by atoms with Crippen molar-refractivity contribution in [3.63, 3.8) is 0 Å². The molecule has 25 heavy (non-hydrogen) atoms. The van der Waals surface area contributed by atoms with Gasteiger partial charge < -0.3 is 10.1 Å². The molecule has 1 heterocycles. The lowest BCUT2D eigenvalue weighted by molar-refractivity contribution is -0.131. The number of carbonyl (C=O) groups excluding carboxylic acids is 2. The molecule has 1 fully saturated rings. The van der Waals surface area contributed by atoms with Crippen molar-refractivity contribution in [2.75, 3.05) is 13.2 Å². The molecule has 1 aliphatic rings. The third-order valence-corrected chi connectivity index (χ3v) is 4.63. The Labute approximate surface area is 151 Å². The van der Waals surface area contributed by atoms with Crippen LogP contribution in [0.25, 0.3) is 0 Å². The Balaban J connectivity index is 1.69. The number of para-hydroxylation sites is 1. The third kappa shape index (κ3) is 3.33. The maximum absolute atomic E-state index is 12.8. The van der Waals surface area contributed by atoms with Crippen LogP contribution in [0.3, 0.4) is 0 Å². The summed E-state index contributed by atoms with van der Waals surface area (Å²) in [7, 11) is 0. The fraction of sp³-hybridized carbons (Fsp3) is 0.263. The number of rotatable bonds is 5. The normalized spacial score (nSPS) is 19.9. The summed E-state index contributed by atoms with van der Waals surface area (Å²) < 4.78 is 5.58. The first-order chi connectivity index (χ1) is 11.9. The third-order valence-electron chi connectivity index (χ3n) is 4.31. The predicted octanol–water partition coefficient (Wildman–Crippen LogP) is 3.49. The van der Waals surface area contributed by atoms with Crippen molar-refractivity contribution in [1.82, 2.24) is 10.2 Å². The minimum Gasteiger partial charge on any atom is -0.490 e. The van der Waals surface area contributed by atoms with Crippen LogP contribution in [0.4, 0.5) is 4.79 Å². The number of hydrogen-bond acceptors (Lipinski definition) is 3. The van der Waals surface area contributed by atoms with Crippen molar-refractivity contribution in [2.45, 2.75) is 19.4 Å². The van der Waals surface area contributed by atoms with E-state index in [-0.39, 0.29) is 19.1 Å². The second-order valence-corrected chi connectivity index (χ2v) is 6.56. The molecule has 3 rings (SSSR count). The van der Waals surface area contributed by atoms with Crippen LogP contribution >= 0.6 is 11.6 Å². The summed E-state index contributed by atoms with van der Waals surface area (Å²) in [6.07, 6.45) is 0. The van der Waals surface area contributed by atoms with E-state index in [4.69, 9.17) is 16.3 Å². The van der Waals surface area contributed by atoms with Gasteiger partial charge in [0.2, 0.25) is 0 Å². The molecule has 2 aromatic rings. The van der Waals surface area contributed by atoms with E-state index >= 15 is 0 Å². The second-order valence-electron chi connectivity index (χ2n) is 6.16. The monoisotopic (exact) mass is 358 g/mol. The van der Waals surface area contributed by atoms with E-state index in [1.54, 1.807) is 25.1 Å². The van der Waals surface area contributed by atoms with Gasteiger partial charge in [-0.3, -0.25) is 9.69 Å². The zero-order valence-corrected chi connectivity index (χ0v) is 14.8. The van der Waals surface area contributed by atoms with Crippen molar-refractivity contribution in [1.29, 1.82) is 0 Å². The second kappa shape index (κ2) is 6.76. The SMILES string of the molecule is Cc1ccc([C@@]2(C)NC(=O)N(CCOc3ccccc3Cl)C2=O)cc1. The Morgan fingerprint density at radius 3 is 2.48 bits per heavy atom. The molecule has 1 aliphatic heterocycles. The van der Waals surface area contributed by atoms with Crippen LogP contribution in [0.1, 0.15) is 18.1 Å². The van der Waals surface area contributed by atoms with Gasteiger partial charge in [0.25, 0.3) is 5.91 Å². The molecule has 0 radical (unpaired) electrons. The van der Waals surface area contributed by atoms with Gasteiger partial charge in [-0.2, -0.15) is 0 Å². The molecule has 0 aliphatic carbocycles. The lowest BCUT2D eigenvalue weighted by Crippen LogP contribution is -2.41. The van der Waals surface area contributed by atoms with Crippen LogP contribution in [-0.2, 0) is 10.3 Å². The van der Waals surface area contributed by atoms with Gasteiger partial charge >= 0.3 is 6.03 Å². The standard InChI is InChI=1S/C19H19ClN2O3/c1-13-7-9-14(10-8-13)19(2)17(23)22(18(24)21-19)11-12-25-16-6-4-3-5-15(16)20/h3-10H,11-12H2,1-2H3,(H,21,24)/t19-/m1/s1. The molecule has 1 atom stereocenters. The van der Waals surface area contributed by atoms with Gasteiger partial charge in [0.05, 0.1) is 11.6 Å². The van der Waals surface area contributed by atoms with Crippen molar-refractivity contribution in [2.24, 2.45) is 0 Å². The van der Waals surface area contributed by atoms with E-state index in [1.165, 1.54) is 4.90 Å². The highest BCUT2D eigenvalue weighted by Crippen LogP contribution is 2.29. The highest BCUT2D eigenvalue weighted by atomic mass is 35.5. The molecule has 1 N–H and O–H groups in total. The largest absolute Gasteiger partial charge is 0.490 e. The van der Waals surface area contributed by atoms with Gasteiger partial charge in [0, 0.05) is 0 Å². The quantitative estimate of drug-likeness (QED) is 0.832. The minimum absolute atomic E-state index is 0.150. The summed E-state index contributed by atoms with van der Waals surface area (Å²) in [5.74, 6) is 0.238. The molecule has 2 aromatic carbocycles. The fourth-order valence-electron chi connectivity index (χ4n) is 2.79. The maximum atomic E-state index is 12.8. The summed E-state index contributed by atoms with van der Waals surface area (Å²) >= 11 is 6.03. The lowest BCUT2D eigenvalue weighted by atomic mass is 9.91. The van der Waals surface area contributed by atoms with Crippen LogP contribution in [-0.4, -0.2) is 30.0 Å². The van der Waals surface area contributed by atoms with Gasteiger partial charge in [-0.1, -0.05) is 53.6 Å². The highest BCUT2D eigenvalue weighted by molar-refractivity contribution is 6.32. The Hall–Kier alpha value is -2.53. The van der Waals surface area contributed by atoms with Crippen LogP contribution in [0.5, 0.6) is 5.75 Å². The van der Waals surface area contributed by atoms with E-state index in [9.17, 15) is 9.59 Å². The number of benzene rings is 2. The minimum atomic E-state index is -1.06. The molecule has 5 nitrogen and oxygen atoms in total. The number of halogens is 1. The van der Waals surface area contributed by atoms with Gasteiger partial charge in [-0.05, 0) is 31.5 Å². The van der Waals surface area contributed by atoms with Crippen LogP contribution in [0.2, 0.25) is 5.02 Å². The summed E-state index contributed by atoms with van der Waals surface area (Å²) in [5, 5.41) is 3.27. The smallest absolute Gasteiger partial charge is 0.325 e. The van der Waals surface area contributed by atoms with Gasteiger partial charge in [0.1, 0.15) is 17.9 Å². The molecule has 6 heteroatoms. The number of carbonyl (C=O) groups is 2. The summed E-state index contributed by atoms with van der Waals surface area (Å²) in [6, 6.07) is 14.2. The number of nitrogens with one attached hydrogen (secondary N) is 1. The number of ether oxygens (including phenoxy) is 1. The fourth-order valence-corrected chi connectivity index (χ4v) is 2.98. The number of hydrogen-bond donors (Lipinski definition) is 1. The van der Waals surface area contributed by atoms with E-state index in [2.05, 4.69) is 5.32 Å². The van der Waals surface area contributed by atoms with E-state index < -0.39 is 11.6 Å². The Morgan fingerprint density at radius 1 is 1.12 bits per heavy atom. The van der Waals surface area contributed by atoms with Gasteiger partial charge in [0.15, 0.2) is 0 Å². The number of aryl methyl sites for hydroxylation is 1. The first-order valence-electron chi connectivity index (χ1n) is 8.00. The van der Waals surface area contributed by atoms with E-state index in [1.807, 2.05) is 37.3 Å². The number of amides is 3. The van der Waals surface area contributed by atoms with Gasteiger partial charge in [-0.15, -0.1) is 0 Å². The first-order valence-corrected chi connectivity index (χ1v) is 8.38. The Kier molecular flexibility index (Phi) is 4.68. The first kappa shape index (κ1) is 17.3. The molecule has 3 amide bonds. The lowest BCUT2D eigenvalue weighted by Gasteiger charge is -2.22. The molecule has 1 saturated heterocycles. The maximum Gasteiger partial charge on any atom is 0.325 e. The summed E-state index contributed by atoms with van der Waals surface area (Å²) in [4.78, 5) is 26.2. The molecular formula is C19H19ClN2O3. The summed E-state index contributed by atoms with van der Waals surface area (Å²) in [6.45, 7) is 4.01. The topological polar surface area (TPSA) is 58.6 Å². The van der Waals surface area contributed by atoms with Crippen molar-refractivity contribution in [3.8, 4) is 5.75 Å². The number of urea groups is 1. The predicted molar refractivity (Wildman–Crippen MR) is 95.7 cm³/mol. The molecular weight excluding hydrogens is 340 g/mol. The molecule has 0 bridgehead atoms. The van der Waals surface area contributed by atoms with Crippen LogP contribution < -0.4 is 10.1 Å². The van der Waals surface area contributed by atoms with Crippen molar-refractivity contribution >= 4 is 23.5 Å². The number of imide groups is 1. The zero-order valence-electron chi connectivity index (χ0n) is 14.1. The van der Waals surface area contributed by atoms with Crippen molar-refractivity contribution in [3.05, 3.63) is 64.7 Å². The summed E-state index contributed by atoms with van der Waals surface area (Å²) in [5.41, 5.74) is 0.787.